The zero-order chi connectivity index (χ0) is 18.9. The van der Waals surface area contributed by atoms with Crippen molar-refractivity contribution < 1.29 is 38.4 Å². The van der Waals surface area contributed by atoms with Crippen LogP contribution in [0.15, 0.2) is 30.3 Å². The van der Waals surface area contributed by atoms with Crippen LogP contribution < -0.4 is 0 Å². The Balaban J connectivity index is 1.76. The van der Waals surface area contributed by atoms with Crippen molar-refractivity contribution in [2.45, 2.75) is 57.3 Å². The van der Waals surface area contributed by atoms with Gasteiger partial charge in [-0.15, -0.1) is 0 Å². The van der Waals surface area contributed by atoms with E-state index in [2.05, 4.69) is 0 Å². The molecule has 1 aromatic rings. The first-order valence-electron chi connectivity index (χ1n) is 8.36. The van der Waals surface area contributed by atoms with E-state index >= 15 is 0 Å². The Kier molecular flexibility index (Phi) is 5.29. The largest absolute Gasteiger partial charge is 0.457 e. The molecule has 2 fully saturated rings. The van der Waals surface area contributed by atoms with Crippen LogP contribution in [0.3, 0.4) is 0 Å². The molecule has 2 saturated heterocycles. The number of fused-ring (bicyclic) bond motifs is 1. The predicted molar refractivity (Wildman–Crippen MR) is 87.0 cm³/mol. The van der Waals surface area contributed by atoms with Gasteiger partial charge in [-0.1, -0.05) is 18.2 Å². The molecule has 0 amide bonds. The monoisotopic (exact) mass is 366 g/mol. The predicted octanol–water partition coefficient (Wildman–Crippen LogP) is 1.01. The number of ether oxygens (including phenoxy) is 5. The van der Waals surface area contributed by atoms with Gasteiger partial charge in [0.15, 0.2) is 30.4 Å². The third kappa shape index (κ3) is 3.88. The van der Waals surface area contributed by atoms with E-state index in [1.807, 2.05) is 0 Å². The molecule has 5 atom stereocenters. The smallest absolute Gasteiger partial charge is 0.338 e. The Hall–Kier alpha value is -2.00. The number of carbonyl (C=O) groups is 2. The SMILES string of the molecule is CC(=O)O[C@@H]1[C@H]2OC(C)(C)O[C@H]2O[C@@H]1[C@@H](CO)OC(=O)c1ccccc1. The number of hydrogen-bond acceptors (Lipinski definition) is 8. The van der Waals surface area contributed by atoms with Crippen LogP contribution in [0.5, 0.6) is 0 Å². The summed E-state index contributed by atoms with van der Waals surface area (Å²) in [7, 11) is 0. The molecule has 8 nitrogen and oxygen atoms in total. The van der Waals surface area contributed by atoms with Gasteiger partial charge >= 0.3 is 11.9 Å². The normalized spacial score (nSPS) is 30.5. The third-order valence-corrected chi connectivity index (χ3v) is 4.14. The van der Waals surface area contributed by atoms with Crippen molar-refractivity contribution >= 4 is 11.9 Å². The Labute approximate surface area is 150 Å². The molecule has 2 aliphatic heterocycles. The highest BCUT2D eigenvalue weighted by Gasteiger charge is 2.58. The summed E-state index contributed by atoms with van der Waals surface area (Å²) in [5, 5.41) is 9.72. The van der Waals surface area contributed by atoms with Gasteiger partial charge in [0.05, 0.1) is 12.2 Å². The van der Waals surface area contributed by atoms with Crippen molar-refractivity contribution in [3.05, 3.63) is 35.9 Å². The molecule has 0 aromatic heterocycles. The fourth-order valence-electron chi connectivity index (χ4n) is 3.12. The van der Waals surface area contributed by atoms with Gasteiger partial charge in [-0.3, -0.25) is 4.79 Å². The minimum Gasteiger partial charge on any atom is -0.457 e. The van der Waals surface area contributed by atoms with Gasteiger partial charge in [0.25, 0.3) is 0 Å². The molecule has 8 heteroatoms. The maximum atomic E-state index is 12.3. The minimum atomic E-state index is -1.05. The van der Waals surface area contributed by atoms with Crippen LogP contribution >= 0.6 is 0 Å². The van der Waals surface area contributed by atoms with E-state index in [0.29, 0.717) is 5.56 Å². The van der Waals surface area contributed by atoms with Crippen LogP contribution in [0, 0.1) is 0 Å². The molecule has 3 rings (SSSR count). The van der Waals surface area contributed by atoms with E-state index in [4.69, 9.17) is 23.7 Å². The van der Waals surface area contributed by atoms with Gasteiger partial charge in [0, 0.05) is 6.92 Å². The summed E-state index contributed by atoms with van der Waals surface area (Å²) >= 11 is 0. The summed E-state index contributed by atoms with van der Waals surface area (Å²) in [6.07, 6.45) is -4.30. The maximum absolute atomic E-state index is 12.3. The van der Waals surface area contributed by atoms with E-state index < -0.39 is 55.0 Å². The molecular weight excluding hydrogens is 344 g/mol. The molecule has 0 bridgehead atoms. The van der Waals surface area contributed by atoms with Gasteiger partial charge in [0.2, 0.25) is 0 Å². The lowest BCUT2D eigenvalue weighted by atomic mass is 10.1. The van der Waals surface area contributed by atoms with E-state index in [1.165, 1.54) is 6.92 Å². The molecule has 1 aromatic carbocycles. The fourth-order valence-corrected chi connectivity index (χ4v) is 3.12. The molecule has 0 radical (unpaired) electrons. The second kappa shape index (κ2) is 7.32. The van der Waals surface area contributed by atoms with Gasteiger partial charge in [-0.25, -0.2) is 4.79 Å². The topological polar surface area (TPSA) is 101 Å². The van der Waals surface area contributed by atoms with Gasteiger partial charge < -0.3 is 28.8 Å². The summed E-state index contributed by atoms with van der Waals surface area (Å²) in [6, 6.07) is 8.37. The average Bonchev–Trinajstić information content (AvgIpc) is 3.05. The van der Waals surface area contributed by atoms with Crippen LogP contribution in [-0.4, -0.2) is 60.1 Å². The zero-order valence-electron chi connectivity index (χ0n) is 14.8. The standard InChI is InChI=1S/C18H22O8/c1-10(20)22-14-13(24-17-15(14)25-18(2,3)26-17)12(9-19)23-16(21)11-7-5-4-6-8-11/h4-8,12-15,17,19H,9H2,1-3H3/t12-,13-,14+,15-,17-/m1/s1. The lowest BCUT2D eigenvalue weighted by molar-refractivity contribution is -0.230. The maximum Gasteiger partial charge on any atom is 0.338 e. The number of carbonyl (C=O) groups excluding carboxylic acids is 2. The van der Waals surface area contributed by atoms with E-state index in [0.717, 1.165) is 0 Å². The summed E-state index contributed by atoms with van der Waals surface area (Å²) in [6.45, 7) is 4.18. The first-order chi connectivity index (χ1) is 12.3. The highest BCUT2D eigenvalue weighted by atomic mass is 16.8. The summed E-state index contributed by atoms with van der Waals surface area (Å²) in [5.41, 5.74) is 0.335. The molecule has 0 saturated carbocycles. The van der Waals surface area contributed by atoms with Gasteiger partial charge in [-0.05, 0) is 26.0 Å². The number of aliphatic hydroxyl groups excluding tert-OH is 1. The van der Waals surface area contributed by atoms with E-state index in [-0.39, 0.29) is 0 Å². The molecule has 0 unspecified atom stereocenters. The van der Waals surface area contributed by atoms with Crippen LogP contribution in [0.1, 0.15) is 31.1 Å². The van der Waals surface area contributed by atoms with Crippen LogP contribution in [-0.2, 0) is 28.5 Å². The molecule has 0 spiro atoms. The lowest BCUT2D eigenvalue weighted by Gasteiger charge is -2.29. The van der Waals surface area contributed by atoms with Crippen molar-refractivity contribution in [3.63, 3.8) is 0 Å². The molecule has 0 aliphatic carbocycles. The summed E-state index contributed by atoms with van der Waals surface area (Å²) < 4.78 is 27.9. The van der Waals surface area contributed by atoms with Crippen LogP contribution in [0.2, 0.25) is 0 Å². The highest BCUT2D eigenvalue weighted by molar-refractivity contribution is 5.89. The first kappa shape index (κ1) is 18.8. The first-order valence-corrected chi connectivity index (χ1v) is 8.36. The molecule has 2 heterocycles. The Morgan fingerprint density at radius 3 is 2.54 bits per heavy atom. The van der Waals surface area contributed by atoms with Gasteiger partial charge in [-0.2, -0.15) is 0 Å². The lowest BCUT2D eigenvalue weighted by Crippen LogP contribution is -2.46. The van der Waals surface area contributed by atoms with E-state index in [1.54, 1.807) is 44.2 Å². The molecule has 26 heavy (non-hydrogen) atoms. The number of rotatable bonds is 5. The zero-order valence-corrected chi connectivity index (χ0v) is 14.8. The van der Waals surface area contributed by atoms with E-state index in [9.17, 15) is 14.7 Å². The molecular formula is C18H22O8. The molecule has 142 valence electrons. The number of benzene rings is 1. The molecule has 1 N–H and O–H groups in total. The number of hydrogen-bond donors (Lipinski definition) is 1. The van der Waals surface area contributed by atoms with Crippen molar-refractivity contribution in [2.24, 2.45) is 0 Å². The van der Waals surface area contributed by atoms with Crippen LogP contribution in [0.4, 0.5) is 0 Å². The number of aliphatic hydroxyl groups is 1. The van der Waals surface area contributed by atoms with Crippen molar-refractivity contribution in [1.82, 2.24) is 0 Å². The number of esters is 2. The second-order valence-corrected chi connectivity index (χ2v) is 6.64. The van der Waals surface area contributed by atoms with Crippen molar-refractivity contribution in [2.75, 3.05) is 6.61 Å². The fraction of sp³-hybridized carbons (Fsp3) is 0.556. The minimum absolute atomic E-state index is 0.335. The average molecular weight is 366 g/mol. The Morgan fingerprint density at radius 2 is 1.92 bits per heavy atom. The summed E-state index contributed by atoms with van der Waals surface area (Å²) in [4.78, 5) is 23.8. The highest BCUT2D eigenvalue weighted by Crippen LogP contribution is 2.40. The van der Waals surface area contributed by atoms with Crippen molar-refractivity contribution in [3.8, 4) is 0 Å². The van der Waals surface area contributed by atoms with Gasteiger partial charge in [0.1, 0.15) is 6.10 Å². The Bertz CT molecular complexity index is 658. The quantitative estimate of drug-likeness (QED) is 0.771. The van der Waals surface area contributed by atoms with Crippen LogP contribution in [0.25, 0.3) is 0 Å². The second-order valence-electron chi connectivity index (χ2n) is 6.64. The molecule has 2 aliphatic rings. The van der Waals surface area contributed by atoms with Crippen molar-refractivity contribution in [1.29, 1.82) is 0 Å². The Morgan fingerprint density at radius 1 is 1.23 bits per heavy atom. The summed E-state index contributed by atoms with van der Waals surface area (Å²) in [5.74, 6) is -2.05. The third-order valence-electron chi connectivity index (χ3n) is 4.14.